The second-order valence-electron chi connectivity index (χ2n) is 7.32. The highest BCUT2D eigenvalue weighted by molar-refractivity contribution is 8.13. The van der Waals surface area contributed by atoms with Gasteiger partial charge in [-0.25, -0.2) is 0 Å². The molecule has 0 unspecified atom stereocenters. The zero-order valence-electron chi connectivity index (χ0n) is 15.7. The Balaban J connectivity index is 2.45. The normalized spacial score (nSPS) is 19.4. The number of thioether (sulfide) groups is 1. The van der Waals surface area contributed by atoms with E-state index in [2.05, 4.69) is 0 Å². The zero-order valence-corrected chi connectivity index (χ0v) is 17.3. The van der Waals surface area contributed by atoms with Crippen LogP contribution in [0.2, 0.25) is 5.02 Å². The van der Waals surface area contributed by atoms with E-state index in [1.807, 2.05) is 27.7 Å². The number of carbonyl (C=O) groups is 1. The van der Waals surface area contributed by atoms with Gasteiger partial charge in [-0.05, 0) is 56.9 Å². The Morgan fingerprint density at radius 1 is 1.22 bits per heavy atom. The lowest BCUT2D eigenvalue weighted by Crippen LogP contribution is -2.41. The van der Waals surface area contributed by atoms with Crippen LogP contribution in [0.5, 0.6) is 0 Å². The Bertz CT molecular complexity index is 747. The van der Waals surface area contributed by atoms with Gasteiger partial charge in [0.05, 0.1) is 16.8 Å². The fourth-order valence-electron chi connectivity index (χ4n) is 2.39. The standard InChI is InChI=1S/C18H21BClF3O3S/c1-11(24)27-10-14(19-25-16(2,3)17(4,5)26-19)9-12-8-13(18(21,22)23)6-7-15(12)20/h6-9H,10H2,1-5H3. The van der Waals surface area contributed by atoms with Gasteiger partial charge < -0.3 is 9.31 Å². The first-order valence-corrected chi connectivity index (χ1v) is 9.65. The molecule has 0 amide bonds. The maximum absolute atomic E-state index is 13.0. The topological polar surface area (TPSA) is 35.5 Å². The molecule has 1 aromatic carbocycles. The molecule has 9 heteroatoms. The average molecular weight is 421 g/mol. The molecular formula is C18H21BClF3O3S. The molecule has 0 aromatic heterocycles. The van der Waals surface area contributed by atoms with Gasteiger partial charge >= 0.3 is 13.3 Å². The van der Waals surface area contributed by atoms with Crippen molar-refractivity contribution in [2.45, 2.75) is 52.0 Å². The number of benzene rings is 1. The summed E-state index contributed by atoms with van der Waals surface area (Å²) in [6.45, 7) is 8.92. The third-order valence-corrected chi connectivity index (χ3v) is 5.89. The van der Waals surface area contributed by atoms with Crippen molar-refractivity contribution in [1.82, 2.24) is 0 Å². The molecule has 1 aromatic rings. The highest BCUT2D eigenvalue weighted by Gasteiger charge is 2.52. The summed E-state index contributed by atoms with van der Waals surface area (Å²) in [6.07, 6.45) is -2.97. The molecule has 0 N–H and O–H groups in total. The molecule has 0 saturated carbocycles. The molecule has 3 nitrogen and oxygen atoms in total. The Hall–Kier alpha value is -0.955. The number of hydrogen-bond acceptors (Lipinski definition) is 4. The van der Waals surface area contributed by atoms with Crippen molar-refractivity contribution in [2.75, 3.05) is 5.75 Å². The minimum absolute atomic E-state index is 0.118. The molecule has 1 aliphatic heterocycles. The fourth-order valence-corrected chi connectivity index (χ4v) is 3.15. The van der Waals surface area contributed by atoms with Crippen molar-refractivity contribution in [3.8, 4) is 0 Å². The number of rotatable bonds is 4. The van der Waals surface area contributed by atoms with Crippen molar-refractivity contribution in [1.29, 1.82) is 0 Å². The van der Waals surface area contributed by atoms with Crippen LogP contribution in [-0.2, 0) is 20.3 Å². The van der Waals surface area contributed by atoms with Crippen molar-refractivity contribution >= 4 is 41.7 Å². The summed E-state index contributed by atoms with van der Waals surface area (Å²) >= 11 is 7.13. The van der Waals surface area contributed by atoms with E-state index >= 15 is 0 Å². The lowest BCUT2D eigenvalue weighted by atomic mass is 9.78. The molecule has 27 heavy (non-hydrogen) atoms. The second-order valence-corrected chi connectivity index (χ2v) is 8.88. The SMILES string of the molecule is CC(=O)SCC(=Cc1cc(C(F)(F)F)ccc1Cl)B1OC(C)(C)C(C)(C)O1. The van der Waals surface area contributed by atoms with Crippen LogP contribution in [-0.4, -0.2) is 29.2 Å². The molecule has 0 spiro atoms. The van der Waals surface area contributed by atoms with Crippen LogP contribution in [0.15, 0.2) is 23.7 Å². The van der Waals surface area contributed by atoms with E-state index in [1.165, 1.54) is 19.1 Å². The van der Waals surface area contributed by atoms with Gasteiger partial charge in [0.25, 0.3) is 0 Å². The number of hydrogen-bond donors (Lipinski definition) is 0. The van der Waals surface area contributed by atoms with E-state index < -0.39 is 30.1 Å². The van der Waals surface area contributed by atoms with Gasteiger partial charge in [0, 0.05) is 17.7 Å². The van der Waals surface area contributed by atoms with Gasteiger partial charge in [-0.1, -0.05) is 29.4 Å². The van der Waals surface area contributed by atoms with Crippen LogP contribution in [0.4, 0.5) is 13.2 Å². The van der Waals surface area contributed by atoms with Crippen molar-refractivity contribution in [3.05, 3.63) is 39.8 Å². The van der Waals surface area contributed by atoms with Gasteiger partial charge in [0.1, 0.15) is 0 Å². The van der Waals surface area contributed by atoms with Crippen LogP contribution >= 0.6 is 23.4 Å². The molecule has 0 radical (unpaired) electrons. The third kappa shape index (κ3) is 5.31. The minimum Gasteiger partial charge on any atom is -0.400 e. The number of halogens is 4. The molecule has 1 fully saturated rings. The maximum atomic E-state index is 13.0. The molecule has 0 bridgehead atoms. The first kappa shape index (κ1) is 22.3. The highest BCUT2D eigenvalue weighted by atomic mass is 35.5. The second kappa shape index (κ2) is 7.81. The van der Waals surface area contributed by atoms with E-state index in [9.17, 15) is 18.0 Å². The van der Waals surface area contributed by atoms with Crippen LogP contribution < -0.4 is 0 Å². The summed E-state index contributed by atoms with van der Waals surface area (Å²) in [7, 11) is -0.785. The average Bonchev–Trinajstić information content (AvgIpc) is 2.72. The molecule has 0 atom stereocenters. The van der Waals surface area contributed by atoms with E-state index in [-0.39, 0.29) is 21.5 Å². The van der Waals surface area contributed by atoms with Gasteiger partial charge in [0.2, 0.25) is 0 Å². The Morgan fingerprint density at radius 3 is 2.26 bits per heavy atom. The number of alkyl halides is 3. The molecule has 1 heterocycles. The predicted octanol–water partition coefficient (Wildman–Crippen LogP) is 5.65. The van der Waals surface area contributed by atoms with E-state index in [0.717, 1.165) is 23.9 Å². The first-order valence-electron chi connectivity index (χ1n) is 8.29. The quantitative estimate of drug-likeness (QED) is 0.589. The van der Waals surface area contributed by atoms with Crippen molar-refractivity contribution < 1.29 is 27.3 Å². The van der Waals surface area contributed by atoms with Gasteiger partial charge in [0.15, 0.2) is 5.12 Å². The van der Waals surface area contributed by atoms with Gasteiger partial charge in [-0.3, -0.25) is 4.79 Å². The van der Waals surface area contributed by atoms with Crippen LogP contribution in [0.1, 0.15) is 45.7 Å². The molecule has 148 valence electrons. The fraction of sp³-hybridized carbons (Fsp3) is 0.500. The molecule has 0 aliphatic carbocycles. The summed E-state index contributed by atoms with van der Waals surface area (Å²) in [5.41, 5.74) is -1.30. The van der Waals surface area contributed by atoms with E-state index in [4.69, 9.17) is 20.9 Å². The molecule has 1 aliphatic rings. The van der Waals surface area contributed by atoms with Crippen molar-refractivity contribution in [3.63, 3.8) is 0 Å². The van der Waals surface area contributed by atoms with Crippen molar-refractivity contribution in [2.24, 2.45) is 0 Å². The van der Waals surface area contributed by atoms with Crippen LogP contribution in [0.25, 0.3) is 6.08 Å². The Kier molecular flexibility index (Phi) is 6.46. The predicted molar refractivity (Wildman–Crippen MR) is 104 cm³/mol. The van der Waals surface area contributed by atoms with E-state index in [0.29, 0.717) is 5.47 Å². The summed E-state index contributed by atoms with van der Waals surface area (Å²) in [4.78, 5) is 11.4. The summed E-state index contributed by atoms with van der Waals surface area (Å²) in [5.74, 6) is 0.221. The highest BCUT2D eigenvalue weighted by Crippen LogP contribution is 2.40. The zero-order chi connectivity index (χ0) is 20.6. The Labute approximate surface area is 166 Å². The number of carbonyl (C=O) groups excluding carboxylic acids is 1. The molecular weight excluding hydrogens is 400 g/mol. The minimum atomic E-state index is -4.48. The third-order valence-electron chi connectivity index (χ3n) is 4.66. The lowest BCUT2D eigenvalue weighted by molar-refractivity contribution is -0.137. The van der Waals surface area contributed by atoms with E-state index in [1.54, 1.807) is 0 Å². The van der Waals surface area contributed by atoms with Gasteiger partial charge in [-0.2, -0.15) is 13.2 Å². The summed E-state index contributed by atoms with van der Waals surface area (Å²) in [6, 6.07) is 3.11. The molecule has 2 rings (SSSR count). The van der Waals surface area contributed by atoms with Crippen LogP contribution in [0.3, 0.4) is 0 Å². The Morgan fingerprint density at radius 2 is 1.78 bits per heavy atom. The maximum Gasteiger partial charge on any atom is 0.491 e. The molecule has 1 saturated heterocycles. The van der Waals surface area contributed by atoms with Crippen LogP contribution in [0, 0.1) is 0 Å². The summed E-state index contributed by atoms with van der Waals surface area (Å²) < 4.78 is 51.1. The summed E-state index contributed by atoms with van der Waals surface area (Å²) in [5, 5.41) is 0.0531. The first-order chi connectivity index (χ1) is 12.2. The smallest absolute Gasteiger partial charge is 0.400 e. The lowest BCUT2D eigenvalue weighted by Gasteiger charge is -2.32. The largest absolute Gasteiger partial charge is 0.491 e. The monoisotopic (exact) mass is 420 g/mol. The van der Waals surface area contributed by atoms with Gasteiger partial charge in [-0.15, -0.1) is 0 Å².